The molecule has 0 aromatic heterocycles. The van der Waals surface area contributed by atoms with Crippen LogP contribution >= 0.6 is 11.8 Å². The van der Waals surface area contributed by atoms with Gasteiger partial charge in [-0.25, -0.2) is 4.79 Å². The van der Waals surface area contributed by atoms with Gasteiger partial charge in [0.2, 0.25) is 12.3 Å². The summed E-state index contributed by atoms with van der Waals surface area (Å²) in [6.07, 6.45) is 1.20. The van der Waals surface area contributed by atoms with Gasteiger partial charge < -0.3 is 15.3 Å². The molecule has 21 heavy (non-hydrogen) atoms. The largest absolute Gasteiger partial charge is 0.480 e. The molecule has 0 saturated carbocycles. The number of nitrogens with zero attached hydrogens (tertiary/aromatic N) is 1. The lowest BCUT2D eigenvalue weighted by atomic mass is 10.2. The van der Waals surface area contributed by atoms with Gasteiger partial charge in [-0.05, 0) is 18.1 Å². The maximum Gasteiger partial charge on any atom is 0.327 e. The van der Waals surface area contributed by atoms with Crippen molar-refractivity contribution < 1.29 is 19.5 Å². The van der Waals surface area contributed by atoms with Crippen molar-refractivity contribution in [2.45, 2.75) is 12.5 Å². The molecule has 2 amide bonds. The van der Waals surface area contributed by atoms with E-state index in [-0.39, 0.29) is 17.4 Å². The lowest BCUT2D eigenvalue weighted by molar-refractivity contribution is -0.139. The van der Waals surface area contributed by atoms with Crippen LogP contribution in [0.15, 0.2) is 24.3 Å². The highest BCUT2D eigenvalue weighted by molar-refractivity contribution is 8.00. The summed E-state index contributed by atoms with van der Waals surface area (Å²) in [7, 11) is 0. The molecule has 6 nitrogen and oxygen atoms in total. The Morgan fingerprint density at radius 1 is 1.43 bits per heavy atom. The van der Waals surface area contributed by atoms with E-state index >= 15 is 0 Å². The third-order valence-electron chi connectivity index (χ3n) is 3.27. The zero-order chi connectivity index (χ0) is 15.2. The summed E-state index contributed by atoms with van der Waals surface area (Å²) in [4.78, 5) is 35.1. The van der Waals surface area contributed by atoms with Crippen molar-refractivity contribution in [3.63, 3.8) is 0 Å². The summed E-state index contributed by atoms with van der Waals surface area (Å²) in [5.74, 6) is -0.790. The zero-order valence-corrected chi connectivity index (χ0v) is 12.1. The number of thioether (sulfide) groups is 1. The lowest BCUT2D eigenvalue weighted by Crippen LogP contribution is -2.38. The number of hydrogen-bond acceptors (Lipinski definition) is 4. The van der Waals surface area contributed by atoms with Crippen molar-refractivity contribution in [1.29, 1.82) is 0 Å². The van der Waals surface area contributed by atoms with Crippen LogP contribution in [-0.4, -0.2) is 47.5 Å². The summed E-state index contributed by atoms with van der Waals surface area (Å²) in [6.45, 7) is 0.660. The van der Waals surface area contributed by atoms with Gasteiger partial charge in [0, 0.05) is 18.0 Å². The van der Waals surface area contributed by atoms with E-state index < -0.39 is 12.0 Å². The second-order valence-electron chi connectivity index (χ2n) is 4.61. The zero-order valence-electron chi connectivity index (χ0n) is 11.3. The quantitative estimate of drug-likeness (QED) is 0.717. The number of carbonyl (C=O) groups is 3. The molecular weight excluding hydrogens is 292 g/mol. The average molecular weight is 308 g/mol. The van der Waals surface area contributed by atoms with Gasteiger partial charge in [-0.1, -0.05) is 18.2 Å². The first-order valence-electron chi connectivity index (χ1n) is 6.52. The van der Waals surface area contributed by atoms with Crippen molar-refractivity contribution in [3.8, 4) is 0 Å². The second kappa shape index (κ2) is 7.12. The highest BCUT2D eigenvalue weighted by atomic mass is 32.2. The summed E-state index contributed by atoms with van der Waals surface area (Å²) < 4.78 is 0. The number of amides is 2. The number of nitrogens with one attached hydrogen (secondary N) is 1. The van der Waals surface area contributed by atoms with Crippen LogP contribution in [-0.2, 0) is 20.8 Å². The standard InChI is InChI=1S/C14H16N2O4S/c17-9-15-11(14(19)20)7-21-8-13(18)16-6-5-10-3-1-2-4-12(10)16/h1-4,9,11H,5-8H2,(H,15,17)(H,19,20). The molecule has 1 aliphatic rings. The summed E-state index contributed by atoms with van der Waals surface area (Å²) in [5, 5.41) is 11.1. The molecule has 0 saturated heterocycles. The first-order chi connectivity index (χ1) is 10.1. The van der Waals surface area contributed by atoms with Crippen LogP contribution in [0.5, 0.6) is 0 Å². The van der Waals surface area contributed by atoms with E-state index in [1.165, 1.54) is 11.8 Å². The number of hydrogen-bond donors (Lipinski definition) is 2. The van der Waals surface area contributed by atoms with Gasteiger partial charge in [-0.2, -0.15) is 0 Å². The molecule has 1 aliphatic heterocycles. The molecule has 1 aromatic rings. The van der Waals surface area contributed by atoms with Crippen LogP contribution in [0.1, 0.15) is 5.56 Å². The molecule has 0 aliphatic carbocycles. The number of rotatable bonds is 7. The Labute approximate surface area is 126 Å². The molecule has 2 N–H and O–H groups in total. The first kappa shape index (κ1) is 15.4. The van der Waals surface area contributed by atoms with Crippen molar-refractivity contribution in [2.24, 2.45) is 0 Å². The fourth-order valence-electron chi connectivity index (χ4n) is 2.21. The Kier molecular flexibility index (Phi) is 5.21. The fourth-order valence-corrected chi connectivity index (χ4v) is 3.13. The molecule has 0 radical (unpaired) electrons. The maximum absolute atomic E-state index is 12.2. The monoisotopic (exact) mass is 308 g/mol. The number of carbonyl (C=O) groups excluding carboxylic acids is 2. The Morgan fingerprint density at radius 3 is 2.90 bits per heavy atom. The number of fused-ring (bicyclic) bond motifs is 1. The van der Waals surface area contributed by atoms with Gasteiger partial charge in [-0.15, -0.1) is 11.8 Å². The molecule has 7 heteroatoms. The molecule has 0 fully saturated rings. The smallest absolute Gasteiger partial charge is 0.327 e. The van der Waals surface area contributed by atoms with Gasteiger partial charge in [0.25, 0.3) is 0 Å². The van der Waals surface area contributed by atoms with Crippen molar-refractivity contribution in [3.05, 3.63) is 29.8 Å². The molecule has 1 atom stereocenters. The third-order valence-corrected chi connectivity index (χ3v) is 4.29. The highest BCUT2D eigenvalue weighted by Crippen LogP contribution is 2.27. The Hall–Kier alpha value is -2.02. The molecule has 1 aromatic carbocycles. The molecular formula is C14H16N2O4S. The molecule has 1 heterocycles. The van der Waals surface area contributed by atoms with E-state index in [1.807, 2.05) is 24.3 Å². The predicted octanol–water partition coefficient (Wildman–Crippen LogP) is 0.508. The van der Waals surface area contributed by atoms with E-state index in [9.17, 15) is 14.4 Å². The second-order valence-corrected chi connectivity index (χ2v) is 5.64. The van der Waals surface area contributed by atoms with Crippen LogP contribution < -0.4 is 10.2 Å². The van der Waals surface area contributed by atoms with Gasteiger partial charge in [0.15, 0.2) is 0 Å². The molecule has 112 valence electrons. The minimum atomic E-state index is -1.10. The van der Waals surface area contributed by atoms with Crippen LogP contribution in [0, 0.1) is 0 Å². The molecule has 0 spiro atoms. The van der Waals surface area contributed by atoms with E-state index in [0.29, 0.717) is 13.0 Å². The maximum atomic E-state index is 12.2. The van der Waals surface area contributed by atoms with E-state index in [4.69, 9.17) is 5.11 Å². The predicted molar refractivity (Wildman–Crippen MR) is 80.4 cm³/mol. The Bertz CT molecular complexity index is 550. The summed E-state index contributed by atoms with van der Waals surface area (Å²) >= 11 is 1.21. The van der Waals surface area contributed by atoms with Gasteiger partial charge >= 0.3 is 5.97 Å². The summed E-state index contributed by atoms with van der Waals surface area (Å²) in [5.41, 5.74) is 2.09. The average Bonchev–Trinajstić information content (AvgIpc) is 2.90. The number of carboxylic acid groups (broad SMARTS) is 1. The SMILES string of the molecule is O=CNC(CSCC(=O)N1CCc2ccccc21)C(=O)O. The van der Waals surface area contributed by atoms with E-state index in [0.717, 1.165) is 17.7 Å². The number of benzene rings is 1. The van der Waals surface area contributed by atoms with Crippen LogP contribution in [0.3, 0.4) is 0 Å². The topological polar surface area (TPSA) is 86.7 Å². The molecule has 1 unspecified atom stereocenters. The van der Waals surface area contributed by atoms with Crippen LogP contribution in [0.2, 0.25) is 0 Å². The Morgan fingerprint density at radius 2 is 2.19 bits per heavy atom. The minimum Gasteiger partial charge on any atom is -0.480 e. The Balaban J connectivity index is 1.86. The van der Waals surface area contributed by atoms with Crippen molar-refractivity contribution in [1.82, 2.24) is 5.32 Å². The van der Waals surface area contributed by atoms with Crippen LogP contribution in [0.4, 0.5) is 5.69 Å². The van der Waals surface area contributed by atoms with E-state index in [1.54, 1.807) is 4.90 Å². The number of aliphatic carboxylic acids is 1. The number of anilines is 1. The van der Waals surface area contributed by atoms with Gasteiger partial charge in [0.1, 0.15) is 6.04 Å². The van der Waals surface area contributed by atoms with E-state index in [2.05, 4.69) is 5.32 Å². The fraction of sp³-hybridized carbons (Fsp3) is 0.357. The highest BCUT2D eigenvalue weighted by Gasteiger charge is 2.24. The van der Waals surface area contributed by atoms with Gasteiger partial charge in [-0.3, -0.25) is 9.59 Å². The minimum absolute atomic E-state index is 0.0415. The van der Waals surface area contributed by atoms with Crippen molar-refractivity contribution >= 4 is 35.7 Å². The number of para-hydroxylation sites is 1. The first-order valence-corrected chi connectivity index (χ1v) is 7.67. The molecule has 0 bridgehead atoms. The van der Waals surface area contributed by atoms with Crippen molar-refractivity contribution in [2.75, 3.05) is 23.0 Å². The third kappa shape index (κ3) is 3.75. The van der Waals surface area contributed by atoms with Gasteiger partial charge in [0.05, 0.1) is 5.75 Å². The lowest BCUT2D eigenvalue weighted by Gasteiger charge is -2.17. The summed E-state index contributed by atoms with van der Waals surface area (Å²) in [6, 6.07) is 6.80. The molecule has 2 rings (SSSR count). The van der Waals surface area contributed by atoms with Crippen LogP contribution in [0.25, 0.3) is 0 Å². The number of carboxylic acids is 1. The normalized spacial score (nSPS) is 14.4.